The topological polar surface area (TPSA) is 29.1 Å². The van der Waals surface area contributed by atoms with E-state index in [1.54, 1.807) is 12.1 Å². The van der Waals surface area contributed by atoms with Crippen molar-refractivity contribution in [1.82, 2.24) is 0 Å². The van der Waals surface area contributed by atoms with E-state index in [1.165, 1.54) is 0 Å². The number of hydrogen-bond donors (Lipinski definition) is 1. The summed E-state index contributed by atoms with van der Waals surface area (Å²) in [6.45, 7) is 4.10. The number of halogens is 3. The number of nitrogens with one attached hydrogen (secondary N) is 1. The lowest BCUT2D eigenvalue weighted by molar-refractivity contribution is 0.102. The van der Waals surface area contributed by atoms with E-state index >= 15 is 0 Å². The highest BCUT2D eigenvalue weighted by molar-refractivity contribution is 6.34. The van der Waals surface area contributed by atoms with Crippen LogP contribution in [0.25, 0.3) is 0 Å². The second-order valence-corrected chi connectivity index (χ2v) is 5.50. The number of carbonyl (C=O) groups excluding carboxylic acids is 1. The van der Waals surface area contributed by atoms with Crippen molar-refractivity contribution in [2.45, 2.75) is 26.2 Å². The van der Waals surface area contributed by atoms with Gasteiger partial charge in [0, 0.05) is 5.69 Å². The Kier molecular flexibility index (Phi) is 5.14. The maximum Gasteiger partial charge on any atom is 0.257 e. The van der Waals surface area contributed by atoms with Crippen molar-refractivity contribution < 1.29 is 13.6 Å². The Bertz CT molecular complexity index is 703. The van der Waals surface area contributed by atoms with Crippen molar-refractivity contribution in [3.05, 3.63) is 64.2 Å². The van der Waals surface area contributed by atoms with Crippen molar-refractivity contribution in [2.75, 3.05) is 5.32 Å². The Morgan fingerprint density at radius 1 is 1.23 bits per heavy atom. The van der Waals surface area contributed by atoms with E-state index in [-0.39, 0.29) is 16.5 Å². The van der Waals surface area contributed by atoms with E-state index in [0.29, 0.717) is 5.69 Å². The highest BCUT2D eigenvalue weighted by Crippen LogP contribution is 2.28. The number of carbonyl (C=O) groups is 1. The molecule has 0 heterocycles. The van der Waals surface area contributed by atoms with Gasteiger partial charge in [-0.25, -0.2) is 8.78 Å². The molecule has 2 nitrogen and oxygen atoms in total. The normalized spacial score (nSPS) is 12.0. The number of benzene rings is 2. The minimum Gasteiger partial charge on any atom is -0.322 e. The first kappa shape index (κ1) is 16.4. The fourth-order valence-corrected chi connectivity index (χ4v) is 2.38. The molecule has 1 N–H and O–H groups in total. The van der Waals surface area contributed by atoms with Crippen LogP contribution in [0.5, 0.6) is 0 Å². The molecule has 0 bridgehead atoms. The number of rotatable bonds is 4. The van der Waals surface area contributed by atoms with Gasteiger partial charge in [-0.05, 0) is 36.1 Å². The van der Waals surface area contributed by atoms with E-state index in [1.807, 2.05) is 12.1 Å². The highest BCUT2D eigenvalue weighted by atomic mass is 35.5. The second kappa shape index (κ2) is 6.88. The molecule has 1 amide bonds. The molecule has 0 aromatic heterocycles. The van der Waals surface area contributed by atoms with Crippen molar-refractivity contribution >= 4 is 23.2 Å². The van der Waals surface area contributed by atoms with Crippen LogP contribution >= 0.6 is 11.6 Å². The van der Waals surface area contributed by atoms with Crippen LogP contribution in [-0.4, -0.2) is 5.91 Å². The fourth-order valence-electron chi connectivity index (χ4n) is 2.15. The Morgan fingerprint density at radius 2 is 1.86 bits per heavy atom. The smallest absolute Gasteiger partial charge is 0.257 e. The molecular formula is C17H16ClF2NO. The molecule has 5 heteroatoms. The Balaban J connectivity index is 2.32. The highest BCUT2D eigenvalue weighted by Gasteiger charge is 2.17. The number of hydrogen-bond acceptors (Lipinski definition) is 1. The third kappa shape index (κ3) is 3.45. The maximum absolute atomic E-state index is 13.3. The molecule has 116 valence electrons. The number of anilines is 1. The fraction of sp³-hybridized carbons (Fsp3) is 0.235. The first-order valence-corrected chi connectivity index (χ1v) is 7.36. The maximum atomic E-state index is 13.3. The monoisotopic (exact) mass is 323 g/mol. The van der Waals surface area contributed by atoms with E-state index in [0.717, 1.165) is 24.1 Å². The van der Waals surface area contributed by atoms with Gasteiger partial charge >= 0.3 is 0 Å². The quantitative estimate of drug-likeness (QED) is 0.751. The molecule has 1 atom stereocenters. The SMILES string of the molecule is CCC(C)c1ccccc1NC(=O)c1cc(F)c(F)cc1Cl. The van der Waals surface area contributed by atoms with Crippen LogP contribution in [0.15, 0.2) is 36.4 Å². The zero-order valence-electron chi connectivity index (χ0n) is 12.3. The molecule has 0 radical (unpaired) electrons. The van der Waals surface area contributed by atoms with Gasteiger partial charge in [0.25, 0.3) is 5.91 Å². The van der Waals surface area contributed by atoms with Gasteiger partial charge in [0.15, 0.2) is 11.6 Å². The summed E-state index contributed by atoms with van der Waals surface area (Å²) < 4.78 is 26.4. The van der Waals surface area contributed by atoms with Crippen LogP contribution in [0, 0.1) is 11.6 Å². The van der Waals surface area contributed by atoms with E-state index in [2.05, 4.69) is 19.2 Å². The second-order valence-electron chi connectivity index (χ2n) is 5.10. The summed E-state index contributed by atoms with van der Waals surface area (Å²) in [7, 11) is 0. The molecule has 0 saturated carbocycles. The molecular weight excluding hydrogens is 308 g/mol. The molecule has 0 spiro atoms. The van der Waals surface area contributed by atoms with Crippen molar-refractivity contribution in [1.29, 1.82) is 0 Å². The predicted octanol–water partition coefficient (Wildman–Crippen LogP) is 5.38. The molecule has 0 aliphatic carbocycles. The van der Waals surface area contributed by atoms with Gasteiger partial charge in [-0.15, -0.1) is 0 Å². The lowest BCUT2D eigenvalue weighted by Gasteiger charge is -2.16. The summed E-state index contributed by atoms with van der Waals surface area (Å²) in [5, 5.41) is 2.59. The van der Waals surface area contributed by atoms with Crippen molar-refractivity contribution in [3.63, 3.8) is 0 Å². The third-order valence-electron chi connectivity index (χ3n) is 3.61. The summed E-state index contributed by atoms with van der Waals surface area (Å²) in [5.74, 6) is -2.50. The molecule has 2 aromatic rings. The van der Waals surface area contributed by atoms with Crippen molar-refractivity contribution in [2.24, 2.45) is 0 Å². The van der Waals surface area contributed by atoms with Gasteiger partial charge in [0.2, 0.25) is 0 Å². The summed E-state index contributed by atoms with van der Waals surface area (Å²) in [5.41, 5.74) is 1.53. The standard InChI is InChI=1S/C17H16ClF2NO/c1-3-10(2)11-6-4-5-7-16(11)21-17(22)12-8-14(19)15(20)9-13(12)18/h4-10H,3H2,1-2H3,(H,21,22). The Hall–Kier alpha value is -1.94. The zero-order valence-corrected chi connectivity index (χ0v) is 13.0. The minimum atomic E-state index is -1.11. The Morgan fingerprint density at radius 3 is 2.55 bits per heavy atom. The van der Waals surface area contributed by atoms with Crippen LogP contribution in [0.3, 0.4) is 0 Å². The van der Waals surface area contributed by atoms with E-state index in [9.17, 15) is 13.6 Å². The van der Waals surface area contributed by atoms with Gasteiger partial charge in [-0.2, -0.15) is 0 Å². The predicted molar refractivity (Wildman–Crippen MR) is 84.5 cm³/mol. The lowest BCUT2D eigenvalue weighted by Crippen LogP contribution is -2.15. The lowest BCUT2D eigenvalue weighted by atomic mass is 9.97. The molecule has 0 aliphatic rings. The summed E-state index contributed by atoms with van der Waals surface area (Å²) in [6, 6.07) is 8.99. The van der Waals surface area contributed by atoms with Gasteiger partial charge in [0.1, 0.15) is 0 Å². The number of para-hydroxylation sites is 1. The summed E-state index contributed by atoms with van der Waals surface area (Å²) in [6.07, 6.45) is 0.915. The van der Waals surface area contributed by atoms with Crippen LogP contribution in [0.1, 0.15) is 42.1 Å². The van der Waals surface area contributed by atoms with E-state index < -0.39 is 17.5 Å². The molecule has 1 unspecified atom stereocenters. The zero-order chi connectivity index (χ0) is 16.3. The van der Waals surface area contributed by atoms with Crippen LogP contribution in [-0.2, 0) is 0 Å². The van der Waals surface area contributed by atoms with Gasteiger partial charge in [-0.3, -0.25) is 4.79 Å². The van der Waals surface area contributed by atoms with Gasteiger partial charge < -0.3 is 5.32 Å². The van der Waals surface area contributed by atoms with Gasteiger partial charge in [0.05, 0.1) is 10.6 Å². The number of amides is 1. The molecule has 2 rings (SSSR count). The Labute approximate surface area is 133 Å². The molecule has 0 fully saturated rings. The largest absolute Gasteiger partial charge is 0.322 e. The summed E-state index contributed by atoms with van der Waals surface area (Å²) >= 11 is 5.82. The first-order chi connectivity index (χ1) is 10.4. The van der Waals surface area contributed by atoms with Crippen LogP contribution < -0.4 is 5.32 Å². The molecule has 22 heavy (non-hydrogen) atoms. The molecule has 2 aromatic carbocycles. The first-order valence-electron chi connectivity index (χ1n) is 6.98. The van der Waals surface area contributed by atoms with Crippen LogP contribution in [0.2, 0.25) is 5.02 Å². The van der Waals surface area contributed by atoms with Gasteiger partial charge in [-0.1, -0.05) is 43.6 Å². The third-order valence-corrected chi connectivity index (χ3v) is 3.92. The van der Waals surface area contributed by atoms with E-state index in [4.69, 9.17) is 11.6 Å². The van der Waals surface area contributed by atoms with Crippen LogP contribution in [0.4, 0.5) is 14.5 Å². The average molecular weight is 324 g/mol. The minimum absolute atomic E-state index is 0.0977. The summed E-state index contributed by atoms with van der Waals surface area (Å²) in [4.78, 5) is 12.3. The molecule has 0 saturated heterocycles. The average Bonchev–Trinajstić information content (AvgIpc) is 2.50. The molecule has 0 aliphatic heterocycles. The van der Waals surface area contributed by atoms with Crippen molar-refractivity contribution in [3.8, 4) is 0 Å².